The first-order valence-electron chi connectivity index (χ1n) is 5.13. The Balaban J connectivity index is 3.97. The summed E-state index contributed by atoms with van der Waals surface area (Å²) in [6.07, 6.45) is -0.775. The van der Waals surface area contributed by atoms with Crippen LogP contribution in [0.15, 0.2) is 0 Å². The van der Waals surface area contributed by atoms with Crippen molar-refractivity contribution in [1.82, 2.24) is 0 Å². The van der Waals surface area contributed by atoms with Crippen molar-refractivity contribution in [1.29, 1.82) is 0 Å². The van der Waals surface area contributed by atoms with E-state index in [9.17, 15) is 14.4 Å². The molecule has 0 unspecified atom stereocenters. The first-order valence-corrected chi connectivity index (χ1v) is 5.13. The van der Waals surface area contributed by atoms with Crippen LogP contribution in [0.4, 0.5) is 0 Å². The van der Waals surface area contributed by atoms with Gasteiger partial charge in [-0.15, -0.1) is 0 Å². The fraction of sp³-hybridized carbons (Fsp3) is 0.727. The topological polar surface area (TPSA) is 69.7 Å². The monoisotopic (exact) mass is 230 g/mol. The molecule has 0 N–H and O–H groups in total. The standard InChI is InChI=1S/C11H18O5/c1-5-15-9(13)6-8(12)7-10(14)16-11(2,3)4/h5-7H2,1-4H3. The Hall–Kier alpha value is -1.39. The summed E-state index contributed by atoms with van der Waals surface area (Å²) in [7, 11) is 0. The van der Waals surface area contributed by atoms with Crippen molar-refractivity contribution in [3.63, 3.8) is 0 Å². The van der Waals surface area contributed by atoms with Crippen LogP contribution in [-0.4, -0.2) is 29.9 Å². The lowest BCUT2D eigenvalue weighted by molar-refractivity contribution is -0.156. The zero-order chi connectivity index (χ0) is 12.8. The third-order valence-corrected chi connectivity index (χ3v) is 1.41. The van der Waals surface area contributed by atoms with Crippen LogP contribution in [0, 0.1) is 0 Å². The van der Waals surface area contributed by atoms with E-state index in [-0.39, 0.29) is 13.0 Å². The minimum Gasteiger partial charge on any atom is -0.466 e. The molecule has 0 saturated carbocycles. The fourth-order valence-corrected chi connectivity index (χ4v) is 0.974. The van der Waals surface area contributed by atoms with E-state index in [0.29, 0.717) is 0 Å². The van der Waals surface area contributed by atoms with E-state index >= 15 is 0 Å². The lowest BCUT2D eigenvalue weighted by Crippen LogP contribution is -2.26. The number of hydrogen-bond acceptors (Lipinski definition) is 5. The predicted molar refractivity (Wildman–Crippen MR) is 56.7 cm³/mol. The SMILES string of the molecule is CCOC(=O)CC(=O)CC(=O)OC(C)(C)C. The summed E-state index contributed by atoms with van der Waals surface area (Å²) in [6.45, 7) is 7.00. The Morgan fingerprint density at radius 2 is 1.50 bits per heavy atom. The molecule has 0 aliphatic carbocycles. The molecule has 0 radical (unpaired) electrons. The molecule has 5 nitrogen and oxygen atoms in total. The maximum absolute atomic E-state index is 11.2. The predicted octanol–water partition coefficient (Wildman–Crippen LogP) is 1.24. The van der Waals surface area contributed by atoms with Gasteiger partial charge in [0.1, 0.15) is 18.4 Å². The van der Waals surface area contributed by atoms with Gasteiger partial charge in [0.15, 0.2) is 5.78 Å². The van der Waals surface area contributed by atoms with E-state index in [4.69, 9.17) is 4.74 Å². The van der Waals surface area contributed by atoms with Gasteiger partial charge < -0.3 is 9.47 Å². The molecule has 0 rings (SSSR count). The van der Waals surface area contributed by atoms with Crippen molar-refractivity contribution in [2.45, 2.75) is 46.1 Å². The third kappa shape index (κ3) is 7.96. The van der Waals surface area contributed by atoms with E-state index < -0.39 is 29.7 Å². The molecule has 5 heteroatoms. The summed E-state index contributed by atoms with van der Waals surface area (Å²) in [6, 6.07) is 0. The number of carbonyl (C=O) groups excluding carboxylic acids is 3. The van der Waals surface area contributed by atoms with Gasteiger partial charge in [-0.05, 0) is 27.7 Å². The van der Waals surface area contributed by atoms with E-state index in [2.05, 4.69) is 4.74 Å². The minimum atomic E-state index is -0.624. The molecule has 0 spiro atoms. The van der Waals surface area contributed by atoms with Crippen molar-refractivity contribution in [3.8, 4) is 0 Å². The Morgan fingerprint density at radius 3 is 1.94 bits per heavy atom. The van der Waals surface area contributed by atoms with Crippen molar-refractivity contribution >= 4 is 17.7 Å². The van der Waals surface area contributed by atoms with Crippen LogP contribution in [-0.2, 0) is 23.9 Å². The van der Waals surface area contributed by atoms with Crippen LogP contribution in [0.3, 0.4) is 0 Å². The summed E-state index contributed by atoms with van der Waals surface area (Å²) in [5, 5.41) is 0. The number of esters is 2. The van der Waals surface area contributed by atoms with Crippen LogP contribution in [0.25, 0.3) is 0 Å². The summed E-state index contributed by atoms with van der Waals surface area (Å²) in [5.74, 6) is -1.73. The summed E-state index contributed by atoms with van der Waals surface area (Å²) in [4.78, 5) is 33.4. The van der Waals surface area contributed by atoms with Crippen LogP contribution >= 0.6 is 0 Å². The molecule has 0 aromatic rings. The minimum absolute atomic E-state index is 0.221. The lowest BCUT2D eigenvalue weighted by atomic mass is 10.2. The van der Waals surface area contributed by atoms with Gasteiger partial charge >= 0.3 is 11.9 Å². The van der Waals surface area contributed by atoms with Gasteiger partial charge in [0.2, 0.25) is 0 Å². The lowest BCUT2D eigenvalue weighted by Gasteiger charge is -2.19. The van der Waals surface area contributed by atoms with Crippen LogP contribution < -0.4 is 0 Å². The molecule has 0 bridgehead atoms. The van der Waals surface area contributed by atoms with Crippen molar-refractivity contribution in [2.24, 2.45) is 0 Å². The highest BCUT2D eigenvalue weighted by Crippen LogP contribution is 2.08. The van der Waals surface area contributed by atoms with Crippen molar-refractivity contribution in [3.05, 3.63) is 0 Å². The van der Waals surface area contributed by atoms with Gasteiger partial charge in [-0.25, -0.2) is 0 Å². The Morgan fingerprint density at radius 1 is 1.00 bits per heavy atom. The molecule has 0 fully saturated rings. The van der Waals surface area contributed by atoms with E-state index in [1.165, 1.54) is 0 Å². The molecule has 0 aromatic heterocycles. The van der Waals surface area contributed by atoms with Crippen LogP contribution in [0.2, 0.25) is 0 Å². The number of rotatable bonds is 5. The molecular weight excluding hydrogens is 212 g/mol. The van der Waals surface area contributed by atoms with Gasteiger partial charge in [-0.2, -0.15) is 0 Å². The average Bonchev–Trinajstić information content (AvgIpc) is 1.98. The van der Waals surface area contributed by atoms with Gasteiger partial charge in [-0.3, -0.25) is 14.4 Å². The molecule has 92 valence electrons. The van der Waals surface area contributed by atoms with E-state index in [0.717, 1.165) is 0 Å². The summed E-state index contributed by atoms with van der Waals surface area (Å²) < 4.78 is 9.52. The number of ketones is 1. The Labute approximate surface area is 95.1 Å². The third-order valence-electron chi connectivity index (χ3n) is 1.41. The second-order valence-electron chi connectivity index (χ2n) is 4.28. The maximum atomic E-state index is 11.2. The largest absolute Gasteiger partial charge is 0.466 e. The molecule has 0 aliphatic heterocycles. The van der Waals surface area contributed by atoms with Gasteiger partial charge in [0.25, 0.3) is 0 Å². The smallest absolute Gasteiger partial charge is 0.313 e. The Kier molecular flexibility index (Phi) is 5.71. The van der Waals surface area contributed by atoms with Gasteiger partial charge in [0.05, 0.1) is 6.61 Å². The summed E-state index contributed by atoms with van der Waals surface area (Å²) in [5.41, 5.74) is -0.624. The molecule has 0 aliphatic rings. The van der Waals surface area contributed by atoms with Crippen LogP contribution in [0.1, 0.15) is 40.5 Å². The van der Waals surface area contributed by atoms with Crippen molar-refractivity contribution < 1.29 is 23.9 Å². The van der Waals surface area contributed by atoms with E-state index in [1.807, 2.05) is 0 Å². The quantitative estimate of drug-likeness (QED) is 0.525. The summed E-state index contributed by atoms with van der Waals surface area (Å²) >= 11 is 0. The zero-order valence-corrected chi connectivity index (χ0v) is 10.2. The number of carbonyl (C=O) groups is 3. The van der Waals surface area contributed by atoms with Gasteiger partial charge in [-0.1, -0.05) is 0 Å². The second kappa shape index (κ2) is 6.25. The average molecular weight is 230 g/mol. The second-order valence-corrected chi connectivity index (χ2v) is 4.28. The van der Waals surface area contributed by atoms with Gasteiger partial charge in [0, 0.05) is 0 Å². The highest BCUT2D eigenvalue weighted by molar-refractivity contribution is 6.03. The highest BCUT2D eigenvalue weighted by Gasteiger charge is 2.20. The Bertz CT molecular complexity index is 275. The first-order chi connectivity index (χ1) is 7.24. The molecule has 0 amide bonds. The first kappa shape index (κ1) is 14.6. The molecule has 0 saturated heterocycles. The molecular formula is C11H18O5. The fourth-order valence-electron chi connectivity index (χ4n) is 0.974. The normalized spacial score (nSPS) is 10.8. The number of hydrogen-bond donors (Lipinski definition) is 0. The van der Waals surface area contributed by atoms with E-state index in [1.54, 1.807) is 27.7 Å². The number of ether oxygens (including phenoxy) is 2. The highest BCUT2D eigenvalue weighted by atomic mass is 16.6. The zero-order valence-electron chi connectivity index (χ0n) is 10.2. The molecule has 0 heterocycles. The maximum Gasteiger partial charge on any atom is 0.313 e. The molecule has 16 heavy (non-hydrogen) atoms. The molecule has 0 aromatic carbocycles. The number of Topliss-reactive ketones (excluding diaryl/α,β-unsaturated/α-hetero) is 1. The molecule has 0 atom stereocenters. The van der Waals surface area contributed by atoms with Crippen molar-refractivity contribution in [2.75, 3.05) is 6.61 Å². The van der Waals surface area contributed by atoms with Crippen LogP contribution in [0.5, 0.6) is 0 Å².